The van der Waals surface area contributed by atoms with Crippen molar-refractivity contribution in [2.45, 2.75) is 25.3 Å². The molecule has 0 aromatic heterocycles. The highest BCUT2D eigenvalue weighted by Gasteiger charge is 2.28. The van der Waals surface area contributed by atoms with Gasteiger partial charge in [-0.2, -0.15) is 22.4 Å². The van der Waals surface area contributed by atoms with E-state index in [1.165, 1.54) is 21.5 Å². The highest BCUT2D eigenvalue weighted by Crippen LogP contribution is 2.21. The smallest absolute Gasteiger partial charge is 0.161 e. The van der Waals surface area contributed by atoms with E-state index in [0.717, 1.165) is 15.9 Å². The van der Waals surface area contributed by atoms with E-state index in [1.54, 1.807) is 0 Å². The van der Waals surface area contributed by atoms with Crippen molar-refractivity contribution in [2.24, 2.45) is 0 Å². The Bertz CT molecular complexity index is 98.6. The number of hydrogen-bond acceptors (Lipinski definition) is 0. The van der Waals surface area contributed by atoms with Crippen LogP contribution >= 0.6 is 22.4 Å². The highest BCUT2D eigenvalue weighted by molar-refractivity contribution is 14.1. The highest BCUT2D eigenvalue weighted by atomic mass is 127. The molecule has 0 aliphatic carbocycles. The van der Waals surface area contributed by atoms with Gasteiger partial charge in [0.25, 0.3) is 0 Å². The Hall–Kier alpha value is 0.990. The summed E-state index contributed by atoms with van der Waals surface area (Å²) in [5.74, 6) is 0. The van der Waals surface area contributed by atoms with E-state index < -0.39 is 0 Å². The molecule has 1 aliphatic rings. The lowest BCUT2D eigenvalue weighted by atomic mass is 9.05. The van der Waals surface area contributed by atoms with Gasteiger partial charge in [-0.05, 0) is 0 Å². The second kappa shape index (κ2) is 3.40. The van der Waals surface area contributed by atoms with Gasteiger partial charge in [-0.25, -0.2) is 0 Å². The molecule has 1 unspecified atom stereocenters. The summed E-state index contributed by atoms with van der Waals surface area (Å²) in [6.45, 7) is 4.75. The van der Waals surface area contributed by atoms with Crippen LogP contribution in [0.15, 0.2) is 0 Å². The van der Waals surface area contributed by atoms with Gasteiger partial charge in [-0.1, -0.05) is 19.6 Å². The predicted molar refractivity (Wildman–Crippen MR) is 60.1 cm³/mol. The Balaban J connectivity index is 2.35. The minimum Gasteiger partial charge on any atom is -0.161 e. The van der Waals surface area contributed by atoms with Gasteiger partial charge in [0, 0.05) is 0 Å². The summed E-state index contributed by atoms with van der Waals surface area (Å²) in [6.07, 6.45) is 0. The molecule has 0 saturated carbocycles. The summed E-state index contributed by atoms with van der Waals surface area (Å²) >= 11 is 2.60. The minimum atomic E-state index is 0.950. The maximum atomic E-state index is 2.60. The van der Waals surface area contributed by atoms with Gasteiger partial charge in [-0.3, -0.25) is 0 Å². The van der Waals surface area contributed by atoms with Crippen LogP contribution in [0.4, 0.5) is 0 Å². The van der Waals surface area contributed by atoms with Crippen LogP contribution in [0.3, 0.4) is 0 Å². The molecule has 9 heavy (non-hydrogen) atoms. The van der Waals surface area contributed by atoms with Gasteiger partial charge in [0.1, 0.15) is 0 Å². The van der Waals surface area contributed by atoms with Gasteiger partial charge in [0.15, 0.2) is 4.46 Å². The van der Waals surface area contributed by atoms with Crippen molar-refractivity contribution in [2.75, 3.05) is 0 Å². The monoisotopic (exact) mass is 230 g/mol. The molecule has 1 fully saturated rings. The molecule has 1 aliphatic heterocycles. The lowest BCUT2D eigenvalue weighted by Crippen LogP contribution is -2.38. The zero-order valence-electron chi connectivity index (χ0n) is 6.23. The molecular formula is C4H11B4I. The molecule has 46 valence electrons. The summed E-state index contributed by atoms with van der Waals surface area (Å²) in [5.41, 5.74) is 1.96. The molecule has 1 rings (SSSR count). The predicted octanol–water partition coefficient (Wildman–Crippen LogP) is 0.261. The van der Waals surface area contributed by atoms with Crippen LogP contribution in [0.1, 0.15) is 13.8 Å². The average Bonchev–Trinajstić information content (AvgIpc) is 1.80. The van der Waals surface area contributed by atoms with Gasteiger partial charge in [0.05, 0.1) is 21.5 Å². The van der Waals surface area contributed by atoms with Crippen LogP contribution in [-0.4, -0.2) is 26.0 Å². The van der Waals surface area contributed by atoms with Crippen molar-refractivity contribution < 1.29 is 0 Å². The first kappa shape index (κ1) is 8.09. The topological polar surface area (TPSA) is 0 Å². The first-order valence-electron chi connectivity index (χ1n) is 3.84. The summed E-state index contributed by atoms with van der Waals surface area (Å²) < 4.78 is 0.950. The first-order valence-corrected chi connectivity index (χ1v) is 5.08. The van der Waals surface area contributed by atoms with Gasteiger partial charge in [-0.15, -0.1) is 5.72 Å². The molecule has 5 heteroatoms. The van der Waals surface area contributed by atoms with Crippen LogP contribution in [-0.2, 0) is 0 Å². The summed E-state index contributed by atoms with van der Waals surface area (Å²) in [4.78, 5) is 0. The maximum absolute atomic E-state index is 2.60. The Morgan fingerprint density at radius 2 is 2.00 bits per heavy atom. The number of halogens is 1. The van der Waals surface area contributed by atoms with Crippen molar-refractivity contribution in [1.82, 2.24) is 0 Å². The second-order valence-electron chi connectivity index (χ2n) is 3.41. The number of rotatable bonds is 0. The fraction of sp³-hybridized carbons (Fsp3) is 1.00. The van der Waals surface area contributed by atoms with Crippen molar-refractivity contribution in [3.63, 3.8) is 0 Å². The van der Waals surface area contributed by atoms with Crippen molar-refractivity contribution in [1.29, 1.82) is 0 Å². The van der Waals surface area contributed by atoms with E-state index >= 15 is 0 Å². The molecule has 0 amide bonds. The maximum Gasteiger partial charge on any atom is 0.175 e. The fourth-order valence-corrected chi connectivity index (χ4v) is 2.69. The second-order valence-corrected chi connectivity index (χ2v) is 5.01. The van der Waals surface area contributed by atoms with Crippen LogP contribution < -0.4 is 0 Å². The lowest BCUT2D eigenvalue weighted by molar-refractivity contribution is 1.29. The third kappa shape index (κ3) is 2.24. The van der Waals surface area contributed by atoms with Gasteiger partial charge < -0.3 is 0 Å². The molecule has 2 atom stereocenters. The van der Waals surface area contributed by atoms with E-state index in [9.17, 15) is 0 Å². The normalized spacial score (nSPS) is 34.3. The molecule has 0 aromatic rings. The van der Waals surface area contributed by atoms with Gasteiger partial charge >= 0.3 is 0 Å². The Morgan fingerprint density at radius 3 is 2.44 bits per heavy atom. The average molecular weight is 229 g/mol. The quantitative estimate of drug-likeness (QED) is 0.413. The summed E-state index contributed by atoms with van der Waals surface area (Å²) in [6, 6.07) is 0. The minimum absolute atomic E-state index is 0.950. The molecule has 0 N–H and O–H groups in total. The van der Waals surface area contributed by atoms with Crippen LogP contribution in [0.25, 0.3) is 0 Å². The largest absolute Gasteiger partial charge is 0.175 e. The van der Waals surface area contributed by atoms with E-state index in [1.807, 2.05) is 0 Å². The zero-order chi connectivity index (χ0) is 6.85. The van der Waals surface area contributed by atoms with Crippen molar-refractivity contribution in [3.8, 4) is 0 Å². The molecule has 0 radical (unpaired) electrons. The SMILES string of the molecule is CC1BB[C@@H](C)BB1I. The van der Waals surface area contributed by atoms with Crippen molar-refractivity contribution in [3.05, 3.63) is 0 Å². The first-order chi connectivity index (χ1) is 4.20. The Labute approximate surface area is 73.6 Å². The standard InChI is InChI=1S/C4H11B4I/c1-3-5-6-4(2)8(9)7-3/h3-7H,1-2H3/t3-,4?/m1/s1. The number of hydrogen-bond donors (Lipinski definition) is 0. The molecule has 0 bridgehead atoms. The lowest BCUT2D eigenvalue weighted by Gasteiger charge is -2.23. The van der Waals surface area contributed by atoms with E-state index in [2.05, 4.69) is 36.2 Å². The molecule has 1 heterocycles. The fourth-order valence-electron chi connectivity index (χ4n) is 1.46. The third-order valence-corrected chi connectivity index (χ3v) is 4.10. The van der Waals surface area contributed by atoms with Gasteiger partial charge in [0.2, 0.25) is 0 Å². The van der Waals surface area contributed by atoms with E-state index in [0.29, 0.717) is 0 Å². The summed E-state index contributed by atoms with van der Waals surface area (Å²) in [7, 11) is 4.36. The molecular weight excluding hydrogens is 218 g/mol. The summed E-state index contributed by atoms with van der Waals surface area (Å²) in [5, 5.41) is 0. The Kier molecular flexibility index (Phi) is 3.06. The van der Waals surface area contributed by atoms with E-state index in [4.69, 9.17) is 0 Å². The zero-order valence-corrected chi connectivity index (χ0v) is 8.39. The van der Waals surface area contributed by atoms with E-state index in [-0.39, 0.29) is 0 Å². The van der Waals surface area contributed by atoms with Crippen molar-refractivity contribution >= 4 is 48.3 Å². The third-order valence-electron chi connectivity index (χ3n) is 2.36. The van der Waals surface area contributed by atoms with Crippen LogP contribution in [0.5, 0.6) is 0 Å². The molecule has 0 spiro atoms. The van der Waals surface area contributed by atoms with Crippen LogP contribution in [0, 0.1) is 0 Å². The molecule has 0 nitrogen and oxygen atoms in total. The Morgan fingerprint density at radius 1 is 1.33 bits per heavy atom. The van der Waals surface area contributed by atoms with Crippen LogP contribution in [0.2, 0.25) is 11.4 Å². The molecule has 0 aromatic carbocycles. The molecule has 1 saturated heterocycles.